The van der Waals surface area contributed by atoms with Gasteiger partial charge >= 0.3 is 0 Å². The highest BCUT2D eigenvalue weighted by atomic mass is 32.1. The first-order valence-corrected chi connectivity index (χ1v) is 25.1. The molecule has 8 aromatic heterocycles. The molecule has 0 spiro atoms. The molecule has 72 heavy (non-hydrogen) atoms. The van der Waals surface area contributed by atoms with Crippen molar-refractivity contribution in [1.82, 2.24) is 17.9 Å². The predicted octanol–water partition coefficient (Wildman–Crippen LogP) is 18.9. The average Bonchev–Trinajstić information content (AvgIpc) is 1.53. The van der Waals surface area contributed by atoms with Gasteiger partial charge in [0.1, 0.15) is 0 Å². The maximum absolute atomic E-state index is 9.36. The van der Waals surface area contributed by atoms with Gasteiger partial charge in [0.05, 0.1) is 77.1 Å². The lowest BCUT2D eigenvalue weighted by Crippen LogP contribution is -1.94. The van der Waals surface area contributed by atoms with Crippen molar-refractivity contribution in [3.05, 3.63) is 206 Å². The molecule has 19 rings (SSSR count). The van der Waals surface area contributed by atoms with E-state index in [2.05, 4.69) is 57.3 Å². The lowest BCUT2D eigenvalue weighted by Gasteiger charge is -2.09. The van der Waals surface area contributed by atoms with Gasteiger partial charge in [0.15, 0.2) is 0 Å². The Labute approximate surface area is 438 Å². The fourth-order valence-corrected chi connectivity index (χ4v) is 15.1. The molecule has 4 nitrogen and oxygen atoms in total. The fourth-order valence-electron chi connectivity index (χ4n) is 12.7. The summed E-state index contributed by atoms with van der Waals surface area (Å²) in [5.74, 6) is 0. The molecule has 0 radical (unpaired) electrons. The van der Waals surface area contributed by atoms with Crippen LogP contribution in [0, 0.1) is 0 Å². The van der Waals surface area contributed by atoms with Crippen molar-refractivity contribution in [2.24, 2.45) is 0 Å². The highest BCUT2D eigenvalue weighted by Crippen LogP contribution is 2.52. The first kappa shape index (κ1) is 25.8. The van der Waals surface area contributed by atoms with Crippen molar-refractivity contribution in [2.45, 2.75) is 0 Å². The number of hydrogen-bond acceptors (Lipinski definition) is 2. The van der Waals surface area contributed by atoms with Gasteiger partial charge < -0.3 is 17.9 Å². The molecule has 0 aliphatic carbocycles. The van der Waals surface area contributed by atoms with Crippen molar-refractivity contribution in [3.8, 4) is 11.4 Å². The van der Waals surface area contributed by atoms with Crippen LogP contribution in [0.5, 0.6) is 0 Å². The summed E-state index contributed by atoms with van der Waals surface area (Å²) in [6.07, 6.45) is 0. The number of nitrogens with zero attached hydrogens (tertiary/aromatic N) is 4. The van der Waals surface area contributed by atoms with E-state index in [4.69, 9.17) is 16.4 Å². The number of thiophene rings is 2. The molecule has 0 saturated carbocycles. The molecule has 0 bridgehead atoms. The maximum atomic E-state index is 9.36. The molecule has 0 atom stereocenters. The summed E-state index contributed by atoms with van der Waals surface area (Å²) in [6.45, 7) is 0. The molecule has 0 saturated heterocycles. The van der Waals surface area contributed by atoms with Gasteiger partial charge in [0.2, 0.25) is 0 Å². The molecule has 0 fully saturated rings. The van der Waals surface area contributed by atoms with Gasteiger partial charge in [-0.05, 0) is 84.8 Å². The van der Waals surface area contributed by atoms with Crippen LogP contribution in [0.15, 0.2) is 206 Å². The highest BCUT2D eigenvalue weighted by Gasteiger charge is 2.28. The predicted molar refractivity (Wildman–Crippen MR) is 310 cm³/mol. The van der Waals surface area contributed by atoms with E-state index in [1.165, 1.54) is 0 Å². The molecular weight excluding hydrogens is 913 g/mol. The van der Waals surface area contributed by atoms with Crippen LogP contribution >= 0.6 is 22.7 Å². The fraction of sp³-hybridized carbons (Fsp3) is 0. The second-order valence-electron chi connectivity index (χ2n) is 18.8. The Bertz CT molecular complexity index is 6090. The minimum Gasteiger partial charge on any atom is -0.309 e. The van der Waals surface area contributed by atoms with E-state index >= 15 is 0 Å². The van der Waals surface area contributed by atoms with Gasteiger partial charge in [-0.25, -0.2) is 0 Å². The molecule has 0 aliphatic rings. The topological polar surface area (TPSA) is 18.7 Å². The third-order valence-corrected chi connectivity index (χ3v) is 17.7. The molecule has 0 aliphatic heterocycles. The zero-order valence-corrected chi connectivity index (χ0v) is 38.6. The first-order valence-electron chi connectivity index (χ1n) is 31.4. The number of rotatable bonds is 2. The second kappa shape index (κ2) is 12.7. The standard InChI is InChI=1S/C66H34N4S2/c1-7-19-49-37(13-1)38-14-2-8-20-50(38)67(49)35-25-27-41-53(29-35)69-55-31-46-48-34-60-62(44-18-6-12-24-58(44)72-60)64-42-28-26-36(68-51-21-9-3-15-39(51)40-16-4-10-22-52(40)68)30-54(42)70(66(48)64)56(46)32-45(55)47-33-59-61(63(41)65(47)69)43-17-5-11-23-57(43)71-59/h1-34H/i1D,2D,3D,4D,7D,8D,9D,10D,13D,14D,15D,16D,19D,20D,21D,22D. The minimum absolute atomic E-state index is 0.00567. The Hall–Kier alpha value is -8.94. The van der Waals surface area contributed by atoms with E-state index in [1.807, 2.05) is 60.7 Å². The van der Waals surface area contributed by atoms with Crippen molar-refractivity contribution in [3.63, 3.8) is 0 Å². The van der Waals surface area contributed by atoms with Gasteiger partial charge in [-0.2, -0.15) is 0 Å². The number of fused-ring (bicyclic) bond motifs is 26. The van der Waals surface area contributed by atoms with Gasteiger partial charge in [-0.1, -0.05) is 121 Å². The molecule has 19 aromatic rings. The number of hydrogen-bond donors (Lipinski definition) is 0. The van der Waals surface area contributed by atoms with E-state index in [-0.39, 0.29) is 67.8 Å². The van der Waals surface area contributed by atoms with Crippen LogP contribution < -0.4 is 0 Å². The van der Waals surface area contributed by atoms with E-state index < -0.39 is 72.5 Å². The van der Waals surface area contributed by atoms with Gasteiger partial charge in [0.25, 0.3) is 0 Å². The van der Waals surface area contributed by atoms with Gasteiger partial charge in [0, 0.05) is 116 Å². The number of benzene rings is 11. The molecule has 0 unspecified atom stereocenters. The Kier molecular flexibility index (Phi) is 4.54. The first-order chi connectivity index (χ1) is 42.4. The normalized spacial score (nSPS) is 16.1. The van der Waals surface area contributed by atoms with Gasteiger partial charge in [-0.3, -0.25) is 0 Å². The molecule has 6 heteroatoms. The van der Waals surface area contributed by atoms with Crippen LogP contribution in [0.25, 0.3) is 172 Å². The largest absolute Gasteiger partial charge is 0.309 e. The summed E-state index contributed by atoms with van der Waals surface area (Å²) >= 11 is 3.40. The maximum Gasteiger partial charge on any atom is 0.0645 e. The Morgan fingerprint density at radius 3 is 1.07 bits per heavy atom. The Balaban J connectivity index is 0.990. The summed E-state index contributed by atoms with van der Waals surface area (Å²) in [5.41, 5.74) is 6.10. The summed E-state index contributed by atoms with van der Waals surface area (Å²) in [4.78, 5) is 0. The van der Waals surface area contributed by atoms with Crippen LogP contribution in [0.2, 0.25) is 0 Å². The van der Waals surface area contributed by atoms with E-state index in [0.29, 0.717) is 11.4 Å². The SMILES string of the molecule is [2H]c1c([2H])c([2H])c2c(c1[2H])c1c([2H])c([2H])c([2H])c([2H])c1n2-c1ccc2c3c4c(cc5c6cc7c(cc6n(c2c1)c53)c1cc2sc3ccccc3c2c2c3ccc(-n5c6c([2H])c([2H])c([2H])c([2H])c6c6c([2H])c([2H])c([2H])c([2H])c65)cc3n7c12)sc1ccccc14. The lowest BCUT2D eigenvalue weighted by atomic mass is 10.0. The minimum atomic E-state index is -0.516. The molecular formula is C66H34N4S2. The van der Waals surface area contributed by atoms with Crippen LogP contribution in [-0.4, -0.2) is 17.9 Å². The van der Waals surface area contributed by atoms with Crippen LogP contribution in [0.4, 0.5) is 0 Å². The molecule has 330 valence electrons. The van der Waals surface area contributed by atoms with E-state index in [1.54, 1.807) is 31.8 Å². The van der Waals surface area contributed by atoms with Crippen molar-refractivity contribution < 1.29 is 21.9 Å². The third kappa shape index (κ3) is 4.27. The van der Waals surface area contributed by atoms with Crippen molar-refractivity contribution in [2.75, 3.05) is 0 Å². The second-order valence-corrected chi connectivity index (χ2v) is 20.9. The van der Waals surface area contributed by atoms with Crippen LogP contribution in [-0.2, 0) is 0 Å². The van der Waals surface area contributed by atoms with Crippen LogP contribution in [0.1, 0.15) is 21.9 Å². The van der Waals surface area contributed by atoms with Crippen molar-refractivity contribution >= 4 is 183 Å². The lowest BCUT2D eigenvalue weighted by molar-refractivity contribution is 1.18. The quantitative estimate of drug-likeness (QED) is 0.164. The monoisotopic (exact) mass is 962 g/mol. The molecule has 0 amide bonds. The molecule has 8 heterocycles. The summed E-state index contributed by atoms with van der Waals surface area (Å²) in [6, 6.07) is 30.0. The zero-order valence-electron chi connectivity index (χ0n) is 53.0. The number of aromatic nitrogens is 4. The zero-order chi connectivity index (χ0) is 60.2. The molecule has 11 aromatic carbocycles. The Morgan fingerprint density at radius 2 is 0.653 bits per heavy atom. The molecule has 0 N–H and O–H groups in total. The highest BCUT2D eigenvalue weighted by molar-refractivity contribution is 7.26. The summed E-state index contributed by atoms with van der Waals surface area (Å²) in [5, 5.41) is 11.9. The van der Waals surface area contributed by atoms with Gasteiger partial charge in [-0.15, -0.1) is 22.7 Å². The smallest absolute Gasteiger partial charge is 0.0645 e. The van der Waals surface area contributed by atoms with E-state index in [9.17, 15) is 5.48 Å². The summed E-state index contributed by atoms with van der Waals surface area (Å²) < 4.78 is 156. The Morgan fingerprint density at radius 1 is 0.278 bits per heavy atom. The van der Waals surface area contributed by atoms with Crippen molar-refractivity contribution in [1.29, 1.82) is 0 Å². The average molecular weight is 963 g/mol. The number of para-hydroxylation sites is 4. The summed E-state index contributed by atoms with van der Waals surface area (Å²) in [7, 11) is 0. The third-order valence-electron chi connectivity index (χ3n) is 15.5. The van der Waals surface area contributed by atoms with Crippen LogP contribution in [0.3, 0.4) is 0 Å². The van der Waals surface area contributed by atoms with E-state index in [0.717, 1.165) is 117 Å².